The molecule has 0 amide bonds. The van der Waals surface area contributed by atoms with Gasteiger partial charge in [-0.25, -0.2) is 8.42 Å². The van der Waals surface area contributed by atoms with Crippen LogP contribution in [0.2, 0.25) is 0 Å². The predicted octanol–water partition coefficient (Wildman–Crippen LogP) is 3.71. The molecule has 0 heterocycles. The highest BCUT2D eigenvalue weighted by molar-refractivity contribution is 7.90. The third kappa shape index (κ3) is 4.55. The van der Waals surface area contributed by atoms with Crippen LogP contribution in [0.15, 0.2) is 29.2 Å². The molecule has 0 aliphatic heterocycles. The van der Waals surface area contributed by atoms with Gasteiger partial charge in [0.1, 0.15) is 0 Å². The van der Waals surface area contributed by atoms with E-state index >= 15 is 0 Å². The Morgan fingerprint density at radius 2 is 1.86 bits per heavy atom. The van der Waals surface area contributed by atoms with Gasteiger partial charge in [-0.15, -0.1) is 0 Å². The van der Waals surface area contributed by atoms with Gasteiger partial charge in [0.2, 0.25) is 0 Å². The number of benzene rings is 1. The molecule has 21 heavy (non-hydrogen) atoms. The lowest BCUT2D eigenvalue weighted by atomic mass is 9.75. The molecule has 3 nitrogen and oxygen atoms in total. The van der Waals surface area contributed by atoms with Crippen molar-refractivity contribution in [2.45, 2.75) is 63.4 Å². The molecule has 2 atom stereocenters. The van der Waals surface area contributed by atoms with Gasteiger partial charge in [-0.2, -0.15) is 0 Å². The number of sulfone groups is 1. The van der Waals surface area contributed by atoms with Gasteiger partial charge >= 0.3 is 0 Å². The molecule has 1 aromatic carbocycles. The monoisotopic (exact) mass is 309 g/mol. The molecular formula is C17H27NO2S. The Bertz CT molecular complexity index is 575. The molecule has 0 radical (unpaired) electrons. The van der Waals surface area contributed by atoms with E-state index in [0.717, 1.165) is 5.56 Å². The normalized spacial score (nSPS) is 23.7. The third-order valence-corrected chi connectivity index (χ3v) is 5.63. The van der Waals surface area contributed by atoms with Gasteiger partial charge in [0.15, 0.2) is 9.84 Å². The summed E-state index contributed by atoms with van der Waals surface area (Å²) in [4.78, 5) is 0.386. The molecule has 2 rings (SSSR count). The van der Waals surface area contributed by atoms with Gasteiger partial charge in [-0.1, -0.05) is 32.4 Å². The molecule has 0 saturated heterocycles. The highest BCUT2D eigenvalue weighted by Crippen LogP contribution is 2.35. The van der Waals surface area contributed by atoms with E-state index in [-0.39, 0.29) is 6.04 Å². The van der Waals surface area contributed by atoms with Gasteiger partial charge in [0, 0.05) is 18.3 Å². The zero-order valence-corrected chi connectivity index (χ0v) is 14.3. The first-order chi connectivity index (χ1) is 9.67. The fraction of sp³-hybridized carbons (Fsp3) is 0.647. The topological polar surface area (TPSA) is 46.2 Å². The second kappa shape index (κ2) is 6.09. The Hall–Kier alpha value is -0.870. The maximum atomic E-state index is 11.5. The van der Waals surface area contributed by atoms with Gasteiger partial charge < -0.3 is 5.32 Å². The van der Waals surface area contributed by atoms with Crippen LogP contribution >= 0.6 is 0 Å². The van der Waals surface area contributed by atoms with Crippen LogP contribution in [0.5, 0.6) is 0 Å². The Balaban J connectivity index is 2.02. The van der Waals surface area contributed by atoms with Crippen molar-refractivity contribution in [3.8, 4) is 0 Å². The summed E-state index contributed by atoms with van der Waals surface area (Å²) in [5, 5.41) is 3.70. The highest BCUT2D eigenvalue weighted by Gasteiger charge is 2.28. The molecular weight excluding hydrogens is 282 g/mol. The number of hydrogen-bond donors (Lipinski definition) is 1. The number of nitrogens with one attached hydrogen (secondary N) is 1. The van der Waals surface area contributed by atoms with Crippen LogP contribution in [0, 0.1) is 5.41 Å². The average molecular weight is 309 g/mol. The molecule has 1 N–H and O–H groups in total. The summed E-state index contributed by atoms with van der Waals surface area (Å²) in [6.45, 7) is 6.83. The molecule has 118 valence electrons. The Morgan fingerprint density at radius 3 is 2.38 bits per heavy atom. The van der Waals surface area contributed by atoms with E-state index < -0.39 is 9.84 Å². The van der Waals surface area contributed by atoms with Crippen molar-refractivity contribution in [2.75, 3.05) is 6.26 Å². The zero-order valence-electron chi connectivity index (χ0n) is 13.5. The van der Waals surface area contributed by atoms with E-state index in [2.05, 4.69) is 26.1 Å². The van der Waals surface area contributed by atoms with Crippen LogP contribution < -0.4 is 5.32 Å². The van der Waals surface area contributed by atoms with E-state index in [4.69, 9.17) is 0 Å². The molecule has 1 aromatic rings. The van der Waals surface area contributed by atoms with E-state index in [1.807, 2.05) is 12.1 Å². The van der Waals surface area contributed by atoms with Crippen LogP contribution in [0.3, 0.4) is 0 Å². The molecule has 1 fully saturated rings. The summed E-state index contributed by atoms with van der Waals surface area (Å²) in [7, 11) is -3.11. The molecule has 0 aromatic heterocycles. The summed E-state index contributed by atoms with van der Waals surface area (Å²) < 4.78 is 23.0. The molecule has 2 unspecified atom stereocenters. The van der Waals surface area contributed by atoms with Crippen LogP contribution in [0.25, 0.3) is 0 Å². The minimum Gasteiger partial charge on any atom is -0.307 e. The maximum Gasteiger partial charge on any atom is 0.175 e. The first kappa shape index (κ1) is 16.5. The Morgan fingerprint density at radius 1 is 1.24 bits per heavy atom. The smallest absolute Gasteiger partial charge is 0.175 e. The van der Waals surface area contributed by atoms with Crippen molar-refractivity contribution in [3.05, 3.63) is 29.8 Å². The summed E-state index contributed by atoms with van der Waals surface area (Å²) in [6, 6.07) is 8.04. The first-order valence-electron chi connectivity index (χ1n) is 7.73. The summed E-state index contributed by atoms with van der Waals surface area (Å²) in [5.74, 6) is 0. The molecule has 0 spiro atoms. The summed E-state index contributed by atoms with van der Waals surface area (Å²) >= 11 is 0. The maximum absolute atomic E-state index is 11.5. The first-order valence-corrected chi connectivity index (χ1v) is 9.63. The Kier molecular flexibility index (Phi) is 4.79. The minimum atomic E-state index is -3.11. The quantitative estimate of drug-likeness (QED) is 0.922. The fourth-order valence-corrected chi connectivity index (χ4v) is 3.92. The minimum absolute atomic E-state index is 0.248. The second-order valence-electron chi connectivity index (χ2n) is 7.19. The van der Waals surface area contributed by atoms with Crippen LogP contribution in [0.1, 0.15) is 58.1 Å². The van der Waals surface area contributed by atoms with Crippen LogP contribution in [-0.2, 0) is 9.84 Å². The van der Waals surface area contributed by atoms with E-state index in [0.29, 0.717) is 16.4 Å². The lowest BCUT2D eigenvalue weighted by Crippen LogP contribution is -2.38. The van der Waals surface area contributed by atoms with Crippen molar-refractivity contribution in [2.24, 2.45) is 5.41 Å². The molecule has 1 aliphatic rings. The van der Waals surface area contributed by atoms with Crippen molar-refractivity contribution in [1.29, 1.82) is 0 Å². The summed E-state index contributed by atoms with van der Waals surface area (Å²) in [6.07, 6.45) is 6.27. The van der Waals surface area contributed by atoms with E-state index in [1.54, 1.807) is 12.1 Å². The Labute approximate surface area is 129 Å². The average Bonchev–Trinajstić information content (AvgIpc) is 2.36. The van der Waals surface area contributed by atoms with Crippen molar-refractivity contribution in [3.63, 3.8) is 0 Å². The van der Waals surface area contributed by atoms with Gasteiger partial charge in [-0.05, 0) is 49.3 Å². The standard InChI is InChI=1S/C17H27NO2S/c1-13(18-15-6-5-11-17(2,3)12-15)14-7-9-16(10-8-14)21(4,19)20/h7-10,13,15,18H,5-6,11-12H2,1-4H3. The summed E-state index contributed by atoms with van der Waals surface area (Å²) in [5.41, 5.74) is 1.57. The van der Waals surface area contributed by atoms with Crippen LogP contribution in [0.4, 0.5) is 0 Å². The lowest BCUT2D eigenvalue weighted by molar-refractivity contribution is 0.191. The van der Waals surface area contributed by atoms with Gasteiger partial charge in [-0.3, -0.25) is 0 Å². The second-order valence-corrected chi connectivity index (χ2v) is 9.20. The fourth-order valence-electron chi connectivity index (χ4n) is 3.29. The molecule has 4 heteroatoms. The van der Waals surface area contributed by atoms with Gasteiger partial charge in [0.05, 0.1) is 4.90 Å². The SMILES string of the molecule is CC(NC1CCCC(C)(C)C1)c1ccc(S(C)(=O)=O)cc1. The van der Waals surface area contributed by atoms with Crippen molar-refractivity contribution < 1.29 is 8.42 Å². The van der Waals surface area contributed by atoms with E-state index in [1.165, 1.54) is 31.9 Å². The molecule has 1 aliphatic carbocycles. The van der Waals surface area contributed by atoms with Crippen LogP contribution in [-0.4, -0.2) is 20.7 Å². The molecule has 1 saturated carbocycles. The van der Waals surface area contributed by atoms with Crippen molar-refractivity contribution in [1.82, 2.24) is 5.32 Å². The largest absolute Gasteiger partial charge is 0.307 e. The lowest BCUT2D eigenvalue weighted by Gasteiger charge is -2.37. The third-order valence-electron chi connectivity index (χ3n) is 4.50. The van der Waals surface area contributed by atoms with E-state index in [9.17, 15) is 8.42 Å². The predicted molar refractivity (Wildman–Crippen MR) is 87.1 cm³/mol. The number of hydrogen-bond acceptors (Lipinski definition) is 3. The number of rotatable bonds is 4. The highest BCUT2D eigenvalue weighted by atomic mass is 32.2. The van der Waals surface area contributed by atoms with Gasteiger partial charge in [0.25, 0.3) is 0 Å². The zero-order chi connectivity index (χ0) is 15.7. The van der Waals surface area contributed by atoms with Crippen molar-refractivity contribution >= 4 is 9.84 Å². The molecule has 0 bridgehead atoms.